The number of pyridine rings is 1. The van der Waals surface area contributed by atoms with E-state index in [0.29, 0.717) is 62.1 Å². The van der Waals surface area contributed by atoms with Gasteiger partial charge in [0.2, 0.25) is 11.8 Å². The molecule has 65 heavy (non-hydrogen) atoms. The number of allylic oxidation sites excluding steroid dienone is 1. The quantitative estimate of drug-likeness (QED) is 0.140. The highest BCUT2D eigenvalue weighted by Gasteiger charge is 2.38. The molecule has 3 aliphatic heterocycles. The summed E-state index contributed by atoms with van der Waals surface area (Å²) >= 11 is 0. The number of phenolic OH excluding ortho intramolecular Hbond substituents is 1. The number of phenols is 1. The van der Waals surface area contributed by atoms with Crippen LogP contribution in [0.5, 0.6) is 5.75 Å². The molecule has 344 valence electrons. The Labute approximate surface area is 380 Å². The highest BCUT2D eigenvalue weighted by Crippen LogP contribution is 2.41. The van der Waals surface area contributed by atoms with Crippen LogP contribution in [0.25, 0.3) is 33.3 Å². The molecule has 0 aliphatic carbocycles. The molecule has 0 radical (unpaired) electrons. The fourth-order valence-corrected chi connectivity index (χ4v) is 9.55. The van der Waals surface area contributed by atoms with Crippen molar-refractivity contribution in [2.75, 3.05) is 40.4 Å². The molecule has 2 saturated heterocycles. The zero-order valence-electron chi connectivity index (χ0n) is 38.5. The van der Waals surface area contributed by atoms with Crippen molar-refractivity contribution in [2.24, 2.45) is 11.3 Å². The monoisotopic (exact) mass is 887 g/mol. The van der Waals surface area contributed by atoms with E-state index in [-0.39, 0.29) is 49.4 Å². The number of hydrogen-bond donors (Lipinski definition) is 3. The Hall–Kier alpha value is -6.32. The van der Waals surface area contributed by atoms with Crippen LogP contribution in [0.1, 0.15) is 70.6 Å². The van der Waals surface area contributed by atoms with Gasteiger partial charge >= 0.3 is 5.97 Å². The predicted molar refractivity (Wildman–Crippen MR) is 247 cm³/mol. The number of rotatable bonds is 9. The van der Waals surface area contributed by atoms with Crippen LogP contribution in [0, 0.1) is 11.3 Å². The van der Waals surface area contributed by atoms with Crippen molar-refractivity contribution in [3.05, 3.63) is 95.5 Å². The summed E-state index contributed by atoms with van der Waals surface area (Å²) in [6.07, 6.45) is 6.73. The van der Waals surface area contributed by atoms with E-state index in [1.54, 1.807) is 44.2 Å². The third-order valence-electron chi connectivity index (χ3n) is 12.7. The van der Waals surface area contributed by atoms with Crippen LogP contribution in [0.3, 0.4) is 0 Å². The van der Waals surface area contributed by atoms with Crippen LogP contribution in [0.4, 0.5) is 0 Å². The highest BCUT2D eigenvalue weighted by molar-refractivity contribution is 6.01. The normalized spacial score (nSPS) is 19.9. The first-order chi connectivity index (χ1) is 31.0. The Balaban J connectivity index is 1.31. The van der Waals surface area contributed by atoms with E-state index >= 15 is 0 Å². The lowest BCUT2D eigenvalue weighted by molar-refractivity contribution is -0.155. The maximum atomic E-state index is 14.7. The van der Waals surface area contributed by atoms with E-state index in [9.17, 15) is 29.1 Å². The second-order valence-electron chi connectivity index (χ2n) is 18.4. The van der Waals surface area contributed by atoms with Gasteiger partial charge in [-0.2, -0.15) is 0 Å². The third-order valence-corrected chi connectivity index (χ3v) is 12.7. The maximum absolute atomic E-state index is 14.7. The van der Waals surface area contributed by atoms with Crippen LogP contribution >= 0.6 is 0 Å². The van der Waals surface area contributed by atoms with E-state index in [2.05, 4.69) is 59.8 Å². The first kappa shape index (κ1) is 46.7. The zero-order chi connectivity index (χ0) is 46.7. The lowest BCUT2D eigenvalue weighted by atomic mass is 9.84. The molecule has 15 nitrogen and oxygen atoms in total. The molecule has 4 amide bonds. The number of aromatic hydroxyl groups is 1. The van der Waals surface area contributed by atoms with Crippen molar-refractivity contribution in [1.29, 1.82) is 0 Å². The van der Waals surface area contributed by atoms with Crippen LogP contribution < -0.4 is 10.7 Å². The van der Waals surface area contributed by atoms with E-state index in [4.69, 9.17) is 9.47 Å². The second-order valence-corrected chi connectivity index (χ2v) is 18.4. The number of likely N-dealkylation sites (N-methyl/N-ethyl adjacent to an activating group) is 1. The fourth-order valence-electron chi connectivity index (χ4n) is 9.55. The Morgan fingerprint density at radius 1 is 1.09 bits per heavy atom. The molecule has 2 fully saturated rings. The van der Waals surface area contributed by atoms with E-state index in [1.807, 2.05) is 24.4 Å². The SMILES string of the molecule is C=CC(=O)N1CC[C@H](C(=O)N(C)C(C(=O)N[C@H]2Cc3cc(O)cc(c3)-c3ccc4c(c3)c(c(-c3cnccc3COC)n4CC)CC(C)(C)COC(=O)[C@@H]3CCCN(N3)C2=O)=C(C)C)C1. The smallest absolute Gasteiger partial charge is 0.324 e. The molecule has 2 aromatic heterocycles. The molecule has 4 aromatic rings. The van der Waals surface area contributed by atoms with E-state index in [1.165, 1.54) is 23.0 Å². The number of ether oxygens (including phenoxy) is 2. The van der Waals surface area contributed by atoms with Crippen molar-refractivity contribution in [2.45, 2.75) is 92.0 Å². The third kappa shape index (κ3) is 9.86. The van der Waals surface area contributed by atoms with Gasteiger partial charge in [-0.05, 0) is 116 Å². The largest absolute Gasteiger partial charge is 0.508 e. The van der Waals surface area contributed by atoms with Crippen LogP contribution in [-0.2, 0) is 59.4 Å². The highest BCUT2D eigenvalue weighted by atomic mass is 16.5. The first-order valence-electron chi connectivity index (χ1n) is 22.4. The van der Waals surface area contributed by atoms with Crippen molar-refractivity contribution in [3.63, 3.8) is 0 Å². The minimum Gasteiger partial charge on any atom is -0.508 e. The van der Waals surface area contributed by atoms with Gasteiger partial charge in [-0.25, -0.2) is 5.43 Å². The Morgan fingerprint density at radius 2 is 1.88 bits per heavy atom. The standard InChI is InChI=1S/C50H61N7O8/c1-9-43(59)55-19-16-33(27-55)47(61)54(7)44(30(3)4)46(60)52-41-22-31-20-35(23-36(58)21-31)32-13-14-42-37(24-32)38(45(56(42)10-2)39-26-51-17-15-34(39)28-64-8)25-50(5,6)29-65-49(63)40-12-11-18-57(53-40)48(41)62/h9,13-15,17,20-21,23-24,26,33,40-41,53,58H,1,10-12,16,18-19,22,25,27-29H2,2-8H3,(H,52,60)/t33-,40-,41-/m0/s1. The molecule has 3 atom stereocenters. The summed E-state index contributed by atoms with van der Waals surface area (Å²) in [6, 6.07) is 11.3. The molecule has 6 bridgehead atoms. The minimum absolute atomic E-state index is 0.0213. The number of benzene rings is 2. The number of hydrogen-bond acceptors (Lipinski definition) is 10. The topological polar surface area (TPSA) is 176 Å². The van der Waals surface area contributed by atoms with Gasteiger partial charge in [0.05, 0.1) is 24.8 Å². The summed E-state index contributed by atoms with van der Waals surface area (Å²) < 4.78 is 14.0. The summed E-state index contributed by atoms with van der Waals surface area (Å²) in [7, 11) is 3.19. The Kier molecular flexibility index (Phi) is 13.9. The number of likely N-dealkylation sites (tertiary alicyclic amines) is 1. The van der Waals surface area contributed by atoms with Gasteiger partial charge in [0.25, 0.3) is 11.8 Å². The van der Waals surface area contributed by atoms with Crippen molar-refractivity contribution in [3.8, 4) is 28.1 Å². The van der Waals surface area contributed by atoms with Gasteiger partial charge in [-0.1, -0.05) is 32.6 Å². The molecule has 3 aliphatic rings. The number of fused-ring (bicyclic) bond motifs is 6. The number of methoxy groups -OCH3 is 1. The van der Waals surface area contributed by atoms with Crippen LogP contribution in [0.2, 0.25) is 0 Å². The second kappa shape index (κ2) is 19.4. The fraction of sp³-hybridized carbons (Fsp3) is 0.440. The minimum atomic E-state index is -1.20. The molecule has 15 heteroatoms. The predicted octanol–water partition coefficient (Wildman–Crippen LogP) is 5.68. The molecular weight excluding hydrogens is 827 g/mol. The van der Waals surface area contributed by atoms with Gasteiger partial charge in [0.1, 0.15) is 23.5 Å². The maximum Gasteiger partial charge on any atom is 0.324 e. The lowest BCUT2D eigenvalue weighted by Crippen LogP contribution is -2.60. The van der Waals surface area contributed by atoms with Crippen molar-refractivity contribution >= 4 is 40.5 Å². The molecule has 5 heterocycles. The average Bonchev–Trinajstić information content (AvgIpc) is 3.90. The number of nitrogens with one attached hydrogen (secondary N) is 2. The van der Waals surface area contributed by atoms with Crippen LogP contribution in [-0.4, -0.2) is 112 Å². The summed E-state index contributed by atoms with van der Waals surface area (Å²) in [5, 5.41) is 16.6. The number of cyclic esters (lactones) is 1. The number of carbonyl (C=O) groups is 5. The Morgan fingerprint density at radius 3 is 2.60 bits per heavy atom. The number of carbonyl (C=O) groups excluding carboxylic acids is 5. The van der Waals surface area contributed by atoms with Crippen LogP contribution in [0.15, 0.2) is 78.8 Å². The number of aryl methyl sites for hydroxylation is 1. The molecule has 3 N–H and O–H groups in total. The number of amides is 4. The summed E-state index contributed by atoms with van der Waals surface area (Å²) in [5.74, 6) is -2.78. The summed E-state index contributed by atoms with van der Waals surface area (Å²) in [5.41, 5.74) is 10.3. The molecular formula is C50H61N7O8. The summed E-state index contributed by atoms with van der Waals surface area (Å²) in [4.78, 5) is 76.5. The number of hydrazine groups is 1. The van der Waals surface area contributed by atoms with Crippen molar-refractivity contribution < 1.29 is 38.6 Å². The number of nitrogens with zero attached hydrogens (tertiary/aromatic N) is 5. The van der Waals surface area contributed by atoms with Gasteiger partial charge < -0.3 is 34.3 Å². The van der Waals surface area contributed by atoms with Gasteiger partial charge in [0.15, 0.2) is 0 Å². The molecule has 7 rings (SSSR count). The van der Waals surface area contributed by atoms with E-state index < -0.39 is 41.2 Å². The lowest BCUT2D eigenvalue weighted by Gasteiger charge is -2.36. The molecule has 2 aromatic carbocycles. The number of aromatic nitrogens is 2. The summed E-state index contributed by atoms with van der Waals surface area (Å²) in [6.45, 7) is 15.2. The molecule has 0 spiro atoms. The molecule has 0 saturated carbocycles. The van der Waals surface area contributed by atoms with Crippen molar-refractivity contribution in [1.82, 2.24) is 35.1 Å². The first-order valence-corrected chi connectivity index (χ1v) is 22.4. The zero-order valence-corrected chi connectivity index (χ0v) is 38.5. The number of esters is 1. The average molecular weight is 888 g/mol. The van der Waals surface area contributed by atoms with Gasteiger partial charge in [-0.3, -0.25) is 34.0 Å². The molecule has 0 unspecified atom stereocenters. The Bertz CT molecular complexity index is 2560. The van der Waals surface area contributed by atoms with Gasteiger partial charge in [-0.15, -0.1) is 0 Å². The van der Waals surface area contributed by atoms with Gasteiger partial charge in [0, 0.05) is 81.0 Å². The van der Waals surface area contributed by atoms with E-state index in [0.717, 1.165) is 38.9 Å².